The lowest BCUT2D eigenvalue weighted by Gasteiger charge is -2.41. The number of allylic oxidation sites excluding steroid dienone is 1. The van der Waals surface area contributed by atoms with Gasteiger partial charge in [-0.1, -0.05) is 98.4 Å². The summed E-state index contributed by atoms with van der Waals surface area (Å²) in [7, 11) is 0. The molecule has 0 saturated carbocycles. The summed E-state index contributed by atoms with van der Waals surface area (Å²) in [5, 5.41) is 13.7. The molecule has 3 fully saturated rings. The minimum absolute atomic E-state index is 0.0897. The summed E-state index contributed by atoms with van der Waals surface area (Å²) >= 11 is 3.75. The van der Waals surface area contributed by atoms with Crippen molar-refractivity contribution in [2.24, 2.45) is 17.8 Å². The van der Waals surface area contributed by atoms with Gasteiger partial charge < -0.3 is 29.7 Å². The second-order valence-electron chi connectivity index (χ2n) is 13.3. The number of hydrogen-bond acceptors (Lipinski definition) is 7. The van der Waals surface area contributed by atoms with Crippen molar-refractivity contribution in [2.45, 2.75) is 100 Å². The van der Waals surface area contributed by atoms with Gasteiger partial charge in [0.25, 0.3) is 0 Å². The Labute approximate surface area is 293 Å². The van der Waals surface area contributed by atoms with Crippen LogP contribution in [0.4, 0.5) is 0 Å². The minimum Gasteiger partial charge on any atom is -0.463 e. The monoisotopic (exact) mass is 729 g/mol. The lowest BCUT2D eigenvalue weighted by atomic mass is 9.70. The van der Waals surface area contributed by atoms with Crippen LogP contribution in [0.15, 0.2) is 55.6 Å². The average Bonchev–Trinajstić information content (AvgIpc) is 3.68. The van der Waals surface area contributed by atoms with Crippen molar-refractivity contribution in [1.82, 2.24) is 15.1 Å². The number of aliphatic hydroxyl groups is 1. The molecule has 1 aromatic rings. The molecule has 3 saturated heterocycles. The summed E-state index contributed by atoms with van der Waals surface area (Å²) in [6.07, 6.45) is 7.10. The van der Waals surface area contributed by atoms with Crippen LogP contribution in [0.25, 0.3) is 0 Å². The molecule has 0 aliphatic carbocycles. The van der Waals surface area contributed by atoms with Crippen molar-refractivity contribution in [3.05, 3.63) is 61.2 Å². The summed E-state index contributed by atoms with van der Waals surface area (Å²) in [4.78, 5) is 59.2. The molecule has 264 valence electrons. The third-order valence-corrected chi connectivity index (χ3v) is 11.1. The van der Waals surface area contributed by atoms with E-state index in [1.165, 1.54) is 0 Å². The topological polar surface area (TPSA) is 125 Å². The summed E-state index contributed by atoms with van der Waals surface area (Å²) in [5.74, 6) is -3.38. The molecule has 3 aliphatic heterocycles. The number of fused-ring (bicyclic) bond motifs is 1. The number of benzene rings is 1. The van der Waals surface area contributed by atoms with Crippen LogP contribution in [0, 0.1) is 17.8 Å². The Morgan fingerprint density at radius 2 is 1.94 bits per heavy atom. The predicted molar refractivity (Wildman–Crippen MR) is 187 cm³/mol. The van der Waals surface area contributed by atoms with Gasteiger partial charge in [-0.05, 0) is 30.7 Å². The molecule has 10 nitrogen and oxygen atoms in total. The molecule has 2 N–H and O–H groups in total. The molecule has 0 aromatic heterocycles. The number of carbonyl (C=O) groups is 4. The second kappa shape index (κ2) is 17.1. The third kappa shape index (κ3) is 7.58. The Balaban J connectivity index is 1.71. The van der Waals surface area contributed by atoms with E-state index in [1.54, 1.807) is 22.0 Å². The molecular formula is C37H52BrN3O7. The molecule has 1 unspecified atom stereocenters. The van der Waals surface area contributed by atoms with E-state index in [-0.39, 0.29) is 42.2 Å². The van der Waals surface area contributed by atoms with Crippen LogP contribution in [0.5, 0.6) is 0 Å². The standard InChI is InChI=1S/C37H52BrN3O7/c1-6-10-15-20-40(19-8-3)36(46)33-37-21-26(38)32(48-37)30(31(37)35(45)41(33)28(22-42)24(5)9-4)34(44)39-27(25-16-13-12-14-17-25)23-47-29(43)18-11-7-2/h7-8,12-14,16-17,24,26-28,30-33,42H,2-3,6,9-11,15,18-23H2,1,4-5H3,(H,39,44)/t24-,26?,27-,28-,30-,31+,32-,33-,37+/m0/s1. The van der Waals surface area contributed by atoms with E-state index in [0.29, 0.717) is 32.4 Å². The number of rotatable bonds is 19. The molecular weight excluding hydrogens is 678 g/mol. The molecule has 3 aliphatic rings. The normalized spacial score (nSPS) is 27.6. The maximum Gasteiger partial charge on any atom is 0.306 e. The second-order valence-corrected chi connectivity index (χ2v) is 14.5. The van der Waals surface area contributed by atoms with Crippen LogP contribution in [-0.2, 0) is 28.7 Å². The number of amides is 3. The Bertz CT molecular complexity index is 1310. The zero-order chi connectivity index (χ0) is 35.0. The highest BCUT2D eigenvalue weighted by Crippen LogP contribution is 2.60. The number of nitrogens with zero attached hydrogens (tertiary/aromatic N) is 2. The number of unbranched alkanes of at least 4 members (excludes halogenated alkanes) is 2. The molecule has 1 aromatic carbocycles. The lowest BCUT2D eigenvalue weighted by Crippen LogP contribution is -2.60. The minimum atomic E-state index is -1.26. The molecule has 3 amide bonds. The maximum absolute atomic E-state index is 14.7. The van der Waals surface area contributed by atoms with Gasteiger partial charge in [0.1, 0.15) is 18.2 Å². The van der Waals surface area contributed by atoms with Crippen LogP contribution >= 0.6 is 15.9 Å². The molecule has 2 bridgehead atoms. The summed E-state index contributed by atoms with van der Waals surface area (Å²) in [6.45, 7) is 14.0. The van der Waals surface area contributed by atoms with Crippen LogP contribution < -0.4 is 5.32 Å². The van der Waals surface area contributed by atoms with E-state index < -0.39 is 53.5 Å². The van der Waals surface area contributed by atoms with Gasteiger partial charge in [-0.2, -0.15) is 0 Å². The van der Waals surface area contributed by atoms with E-state index in [1.807, 2.05) is 44.2 Å². The number of esters is 1. The van der Waals surface area contributed by atoms with Gasteiger partial charge in [0.2, 0.25) is 17.7 Å². The zero-order valence-corrected chi connectivity index (χ0v) is 30.1. The Kier molecular flexibility index (Phi) is 13.4. The predicted octanol–water partition coefficient (Wildman–Crippen LogP) is 4.71. The van der Waals surface area contributed by atoms with Crippen LogP contribution in [0.2, 0.25) is 0 Å². The molecule has 48 heavy (non-hydrogen) atoms. The van der Waals surface area contributed by atoms with Crippen molar-refractivity contribution < 1.29 is 33.8 Å². The SMILES string of the molecule is C=CCCC(=O)OC[C@H](NC(=O)[C@@H]1[C@H]2O[C@@]3(CC2Br)[C@H](C(=O)N(CC=C)CCCCC)N([C@@H](CO)[C@@H](C)CC)C(=O)[C@@H]13)c1ccccc1. The number of carbonyl (C=O) groups excluding carboxylic acids is 4. The van der Waals surface area contributed by atoms with Gasteiger partial charge in [-0.3, -0.25) is 19.2 Å². The Hall–Kier alpha value is -3.02. The highest BCUT2D eigenvalue weighted by atomic mass is 79.9. The quantitative estimate of drug-likeness (QED) is 0.0915. The highest BCUT2D eigenvalue weighted by Gasteiger charge is 2.77. The van der Waals surface area contributed by atoms with E-state index in [2.05, 4.69) is 41.3 Å². The first-order chi connectivity index (χ1) is 23.1. The molecule has 9 atom stereocenters. The Morgan fingerprint density at radius 1 is 1.21 bits per heavy atom. The van der Waals surface area contributed by atoms with Gasteiger partial charge >= 0.3 is 5.97 Å². The highest BCUT2D eigenvalue weighted by molar-refractivity contribution is 9.09. The molecule has 0 radical (unpaired) electrons. The fourth-order valence-corrected chi connectivity index (χ4v) is 8.58. The summed E-state index contributed by atoms with van der Waals surface area (Å²) in [6, 6.07) is 6.90. The maximum atomic E-state index is 14.7. The first-order valence-corrected chi connectivity index (χ1v) is 18.3. The van der Waals surface area contributed by atoms with Gasteiger partial charge in [0, 0.05) is 24.3 Å². The lowest BCUT2D eigenvalue weighted by molar-refractivity contribution is -0.152. The van der Waals surface area contributed by atoms with Crippen molar-refractivity contribution in [1.29, 1.82) is 0 Å². The third-order valence-electron chi connectivity index (χ3n) is 10.3. The van der Waals surface area contributed by atoms with Crippen molar-refractivity contribution in [2.75, 3.05) is 26.3 Å². The van der Waals surface area contributed by atoms with Gasteiger partial charge in [0.05, 0.1) is 36.6 Å². The van der Waals surface area contributed by atoms with Gasteiger partial charge in [-0.25, -0.2) is 0 Å². The average molecular weight is 731 g/mol. The summed E-state index contributed by atoms with van der Waals surface area (Å²) < 4.78 is 12.3. The number of alkyl halides is 1. The summed E-state index contributed by atoms with van der Waals surface area (Å²) in [5.41, 5.74) is -0.521. The number of nitrogens with one attached hydrogen (secondary N) is 1. The zero-order valence-electron chi connectivity index (χ0n) is 28.5. The van der Waals surface area contributed by atoms with E-state index >= 15 is 0 Å². The van der Waals surface area contributed by atoms with E-state index in [0.717, 1.165) is 24.8 Å². The fourth-order valence-electron chi connectivity index (χ4n) is 7.63. The Morgan fingerprint density at radius 3 is 2.56 bits per heavy atom. The van der Waals surface area contributed by atoms with E-state index in [9.17, 15) is 24.3 Å². The van der Waals surface area contributed by atoms with Crippen LogP contribution in [-0.4, -0.2) is 93.5 Å². The fraction of sp³-hybridized carbons (Fsp3) is 0.622. The first-order valence-electron chi connectivity index (χ1n) is 17.4. The largest absolute Gasteiger partial charge is 0.463 e. The number of aliphatic hydroxyl groups excluding tert-OH is 1. The number of likely N-dealkylation sites (tertiary alicyclic amines) is 1. The van der Waals surface area contributed by atoms with Gasteiger partial charge in [0.15, 0.2) is 0 Å². The molecule has 1 spiro atoms. The van der Waals surface area contributed by atoms with Crippen molar-refractivity contribution >= 4 is 39.6 Å². The number of hydrogen-bond donors (Lipinski definition) is 2. The smallest absolute Gasteiger partial charge is 0.306 e. The van der Waals surface area contributed by atoms with Crippen LogP contribution in [0.3, 0.4) is 0 Å². The van der Waals surface area contributed by atoms with Crippen molar-refractivity contribution in [3.8, 4) is 0 Å². The van der Waals surface area contributed by atoms with Gasteiger partial charge in [-0.15, -0.1) is 13.2 Å². The number of halogens is 1. The molecule has 11 heteroatoms. The van der Waals surface area contributed by atoms with Crippen LogP contribution in [0.1, 0.15) is 77.3 Å². The van der Waals surface area contributed by atoms with Crippen molar-refractivity contribution in [3.63, 3.8) is 0 Å². The first kappa shape index (κ1) is 37.8. The molecule has 3 heterocycles. The van der Waals surface area contributed by atoms with E-state index in [4.69, 9.17) is 9.47 Å². The number of ether oxygens (including phenoxy) is 2. The molecule has 4 rings (SSSR count).